The Balaban J connectivity index is 1.68. The van der Waals surface area contributed by atoms with Crippen molar-refractivity contribution < 1.29 is 9.59 Å². The van der Waals surface area contributed by atoms with Crippen LogP contribution in [0.1, 0.15) is 66.1 Å². The summed E-state index contributed by atoms with van der Waals surface area (Å²) in [5.41, 5.74) is 4.58. The smallest absolute Gasteiger partial charge is 0.243 e. The number of aryl methyl sites for hydroxylation is 1. The Bertz CT molecular complexity index is 1000. The Kier molecular flexibility index (Phi) is 7.88. The molecule has 3 rings (SSSR count). The predicted molar refractivity (Wildman–Crippen MR) is 140 cm³/mol. The largest absolute Gasteiger partial charge is 0.350 e. The van der Waals surface area contributed by atoms with Gasteiger partial charge in [-0.05, 0) is 56.6 Å². The molecule has 3 atom stereocenters. The molecule has 2 N–H and O–H groups in total. The third-order valence-corrected chi connectivity index (χ3v) is 7.19. The number of nitrogens with one attached hydrogen (secondary N) is 2. The SMILES string of the molecule is Cc1ncsc1-c1ccc(CNC(=O)[C@@H]2C[C@@H](C)CN2C(=O)[C@@H](NC(C)(C)C)C(C)(C)C)cc1. The highest BCUT2D eigenvalue weighted by Crippen LogP contribution is 2.30. The van der Waals surface area contributed by atoms with Crippen LogP contribution in [0.5, 0.6) is 0 Å². The predicted octanol–water partition coefficient (Wildman–Crippen LogP) is 4.77. The summed E-state index contributed by atoms with van der Waals surface area (Å²) in [6.07, 6.45) is 0.688. The minimum Gasteiger partial charge on any atom is -0.350 e. The van der Waals surface area contributed by atoms with E-state index in [9.17, 15) is 9.59 Å². The summed E-state index contributed by atoms with van der Waals surface area (Å²) in [6, 6.07) is 7.42. The first-order chi connectivity index (χ1) is 15.8. The van der Waals surface area contributed by atoms with Gasteiger partial charge < -0.3 is 15.5 Å². The van der Waals surface area contributed by atoms with E-state index < -0.39 is 6.04 Å². The molecule has 0 unspecified atom stereocenters. The molecule has 0 saturated carbocycles. The number of benzene rings is 1. The maximum atomic E-state index is 13.7. The van der Waals surface area contributed by atoms with E-state index in [0.717, 1.165) is 16.8 Å². The van der Waals surface area contributed by atoms with Crippen molar-refractivity contribution in [2.75, 3.05) is 6.54 Å². The van der Waals surface area contributed by atoms with Crippen molar-refractivity contribution in [1.82, 2.24) is 20.5 Å². The Morgan fingerprint density at radius 1 is 1.15 bits per heavy atom. The van der Waals surface area contributed by atoms with Crippen molar-refractivity contribution in [2.24, 2.45) is 11.3 Å². The number of carbonyl (C=O) groups excluding carboxylic acids is 2. The van der Waals surface area contributed by atoms with Gasteiger partial charge in [-0.15, -0.1) is 11.3 Å². The molecular formula is C27H40N4O2S. The van der Waals surface area contributed by atoms with Crippen molar-refractivity contribution >= 4 is 23.2 Å². The van der Waals surface area contributed by atoms with Crippen LogP contribution in [-0.2, 0) is 16.1 Å². The van der Waals surface area contributed by atoms with Gasteiger partial charge >= 0.3 is 0 Å². The molecule has 7 heteroatoms. The maximum Gasteiger partial charge on any atom is 0.243 e. The standard InChI is InChI=1S/C27H40N4O2S/c1-17-13-21(31(15-17)25(33)23(26(3,4)5)30-27(6,7)8)24(32)28-14-19-9-11-20(12-10-19)22-18(2)29-16-34-22/h9-12,16-17,21,23,30H,13-15H2,1-8H3,(H,28,32)/t17-,21+,23-/m1/s1. The van der Waals surface area contributed by atoms with Crippen LogP contribution in [0.15, 0.2) is 29.8 Å². The second-order valence-electron chi connectivity index (χ2n) is 11.7. The van der Waals surface area contributed by atoms with Crippen LogP contribution in [0.2, 0.25) is 0 Å². The van der Waals surface area contributed by atoms with Crippen LogP contribution in [0, 0.1) is 18.3 Å². The van der Waals surface area contributed by atoms with Gasteiger partial charge in [0.2, 0.25) is 11.8 Å². The van der Waals surface area contributed by atoms with Crippen molar-refractivity contribution in [3.8, 4) is 10.4 Å². The second kappa shape index (κ2) is 10.2. The van der Waals surface area contributed by atoms with E-state index in [1.165, 1.54) is 4.88 Å². The van der Waals surface area contributed by atoms with Crippen molar-refractivity contribution in [3.63, 3.8) is 0 Å². The van der Waals surface area contributed by atoms with Gasteiger partial charge in [-0.1, -0.05) is 52.0 Å². The number of hydrogen-bond acceptors (Lipinski definition) is 5. The zero-order valence-electron chi connectivity index (χ0n) is 21.9. The summed E-state index contributed by atoms with van der Waals surface area (Å²) >= 11 is 1.63. The summed E-state index contributed by atoms with van der Waals surface area (Å²) < 4.78 is 0. The van der Waals surface area contributed by atoms with E-state index in [-0.39, 0.29) is 34.7 Å². The Morgan fingerprint density at radius 2 is 1.79 bits per heavy atom. The summed E-state index contributed by atoms with van der Waals surface area (Å²) in [4.78, 5) is 34.1. The van der Waals surface area contributed by atoms with Crippen LogP contribution >= 0.6 is 11.3 Å². The van der Waals surface area contributed by atoms with Crippen molar-refractivity contribution in [1.29, 1.82) is 0 Å². The average molecular weight is 485 g/mol. The number of likely N-dealkylation sites (tertiary alicyclic amines) is 1. The van der Waals surface area contributed by atoms with Gasteiger partial charge in [-0.2, -0.15) is 0 Å². The Hall–Kier alpha value is -2.25. The minimum absolute atomic E-state index is 0.0104. The number of carbonyl (C=O) groups is 2. The van der Waals surface area contributed by atoms with Gasteiger partial charge in [-0.25, -0.2) is 4.98 Å². The lowest BCUT2D eigenvalue weighted by Gasteiger charge is -2.39. The molecule has 186 valence electrons. The van der Waals surface area contributed by atoms with Crippen LogP contribution in [-0.4, -0.2) is 45.9 Å². The molecular weight excluding hydrogens is 444 g/mol. The number of nitrogens with zero attached hydrogens (tertiary/aromatic N) is 2. The number of amides is 2. The van der Waals surface area contributed by atoms with E-state index in [0.29, 0.717) is 19.5 Å². The zero-order chi connectivity index (χ0) is 25.3. The van der Waals surface area contributed by atoms with E-state index in [1.807, 2.05) is 24.6 Å². The molecule has 1 saturated heterocycles. The number of aromatic nitrogens is 1. The van der Waals surface area contributed by atoms with Gasteiger partial charge in [0.1, 0.15) is 6.04 Å². The lowest BCUT2D eigenvalue weighted by atomic mass is 9.84. The molecule has 2 heterocycles. The fourth-order valence-electron chi connectivity index (χ4n) is 4.45. The van der Waals surface area contributed by atoms with Crippen LogP contribution in [0.25, 0.3) is 10.4 Å². The number of rotatable bonds is 6. The molecule has 34 heavy (non-hydrogen) atoms. The summed E-state index contributed by atoms with van der Waals surface area (Å²) in [5.74, 6) is 0.219. The second-order valence-corrected chi connectivity index (χ2v) is 12.6. The Morgan fingerprint density at radius 3 is 2.32 bits per heavy atom. The van der Waals surface area contributed by atoms with Crippen molar-refractivity contribution in [2.45, 2.75) is 86.0 Å². The summed E-state index contributed by atoms with van der Waals surface area (Å²) in [5, 5.41) is 6.57. The Labute approximate surface area is 208 Å². The molecule has 1 aromatic heterocycles. The monoisotopic (exact) mass is 484 g/mol. The fraction of sp³-hybridized carbons (Fsp3) is 0.593. The zero-order valence-corrected chi connectivity index (χ0v) is 22.7. The molecule has 1 aliphatic rings. The topological polar surface area (TPSA) is 74.3 Å². The first kappa shape index (κ1) is 26.4. The summed E-state index contributed by atoms with van der Waals surface area (Å²) in [6.45, 7) is 17.6. The van der Waals surface area contributed by atoms with E-state index in [2.05, 4.69) is 76.2 Å². The number of thiazole rings is 1. The van der Waals surface area contributed by atoms with Crippen molar-refractivity contribution in [3.05, 3.63) is 41.0 Å². The molecule has 0 radical (unpaired) electrons. The normalized spacial score (nSPS) is 19.8. The molecule has 0 bridgehead atoms. The molecule has 6 nitrogen and oxygen atoms in total. The van der Waals surface area contributed by atoms with Gasteiger partial charge in [0.05, 0.1) is 22.1 Å². The van der Waals surface area contributed by atoms with Gasteiger partial charge in [0, 0.05) is 18.6 Å². The molecule has 0 aliphatic carbocycles. The van der Waals surface area contributed by atoms with Crippen LogP contribution < -0.4 is 10.6 Å². The summed E-state index contributed by atoms with van der Waals surface area (Å²) in [7, 11) is 0. The minimum atomic E-state index is -0.437. The van der Waals surface area contributed by atoms with Gasteiger partial charge in [0.25, 0.3) is 0 Å². The highest BCUT2D eigenvalue weighted by Gasteiger charge is 2.44. The fourth-order valence-corrected chi connectivity index (χ4v) is 5.26. The number of hydrogen-bond donors (Lipinski definition) is 2. The van der Waals surface area contributed by atoms with E-state index in [4.69, 9.17) is 0 Å². The van der Waals surface area contributed by atoms with Gasteiger partial charge in [-0.3, -0.25) is 9.59 Å². The first-order valence-corrected chi connectivity index (χ1v) is 13.0. The quantitative estimate of drug-likeness (QED) is 0.619. The van der Waals surface area contributed by atoms with E-state index in [1.54, 1.807) is 16.2 Å². The molecule has 2 aromatic rings. The van der Waals surface area contributed by atoms with Crippen LogP contribution in [0.4, 0.5) is 0 Å². The highest BCUT2D eigenvalue weighted by atomic mass is 32.1. The lowest BCUT2D eigenvalue weighted by Crippen LogP contribution is -2.60. The third-order valence-electron chi connectivity index (χ3n) is 6.21. The molecule has 1 aromatic carbocycles. The molecule has 2 amide bonds. The lowest BCUT2D eigenvalue weighted by molar-refractivity contribution is -0.142. The molecule has 0 spiro atoms. The van der Waals surface area contributed by atoms with E-state index >= 15 is 0 Å². The maximum absolute atomic E-state index is 13.7. The first-order valence-electron chi connectivity index (χ1n) is 12.1. The van der Waals surface area contributed by atoms with Gasteiger partial charge in [0.15, 0.2) is 0 Å². The molecule has 1 fully saturated rings. The average Bonchev–Trinajstić information content (AvgIpc) is 3.34. The molecule has 1 aliphatic heterocycles. The van der Waals surface area contributed by atoms with Crippen LogP contribution in [0.3, 0.4) is 0 Å². The highest BCUT2D eigenvalue weighted by molar-refractivity contribution is 7.13. The third kappa shape index (κ3) is 6.45.